The number of aliphatic hydroxyl groups is 1. The molecule has 1 saturated heterocycles. The highest BCUT2D eigenvalue weighted by atomic mass is 35.5. The molecule has 2 N–H and O–H groups in total. The molecule has 3 nitrogen and oxygen atoms in total. The molecule has 1 aromatic rings. The molecule has 0 aliphatic carbocycles. The Hall–Kier alpha value is -0.420. The molecule has 0 amide bonds. The van der Waals surface area contributed by atoms with Crippen LogP contribution < -0.4 is 10.1 Å². The third-order valence-electron chi connectivity index (χ3n) is 3.13. The maximum atomic E-state index is 9.90. The van der Waals surface area contributed by atoms with Crippen LogP contribution in [0.15, 0.2) is 24.3 Å². The number of halogens is 1. The Morgan fingerprint density at radius 1 is 1.37 bits per heavy atom. The van der Waals surface area contributed by atoms with Gasteiger partial charge in [-0.15, -0.1) is 0 Å². The molecule has 0 aromatic heterocycles. The van der Waals surface area contributed by atoms with E-state index in [1.54, 1.807) is 12.1 Å². The average Bonchev–Trinajstić information content (AvgIpc) is 2.45. The van der Waals surface area contributed by atoms with Crippen molar-refractivity contribution in [2.24, 2.45) is 0 Å². The first-order valence-electron chi connectivity index (χ1n) is 6.62. The maximum Gasteiger partial charge on any atom is 0.138 e. The van der Waals surface area contributed by atoms with E-state index in [1.807, 2.05) is 23.9 Å². The molecule has 1 atom stereocenters. The van der Waals surface area contributed by atoms with Gasteiger partial charge in [-0.3, -0.25) is 0 Å². The van der Waals surface area contributed by atoms with Crippen molar-refractivity contribution < 1.29 is 9.84 Å². The van der Waals surface area contributed by atoms with Gasteiger partial charge in [0.1, 0.15) is 18.5 Å². The molecule has 0 bridgehead atoms. The Morgan fingerprint density at radius 2 is 2.11 bits per heavy atom. The number of thioether (sulfide) groups is 1. The lowest BCUT2D eigenvalue weighted by atomic mass is 10.1. The van der Waals surface area contributed by atoms with Crippen LogP contribution in [0, 0.1) is 0 Å². The lowest BCUT2D eigenvalue weighted by Gasteiger charge is -2.24. The minimum Gasteiger partial charge on any atom is -0.489 e. The van der Waals surface area contributed by atoms with E-state index in [9.17, 15) is 5.11 Å². The van der Waals surface area contributed by atoms with Crippen LogP contribution >= 0.6 is 23.4 Å². The molecule has 1 aromatic carbocycles. The lowest BCUT2D eigenvalue weighted by Crippen LogP contribution is -2.39. The van der Waals surface area contributed by atoms with E-state index >= 15 is 0 Å². The van der Waals surface area contributed by atoms with Gasteiger partial charge in [0.05, 0.1) is 5.02 Å². The van der Waals surface area contributed by atoms with Crippen LogP contribution in [0.5, 0.6) is 5.75 Å². The van der Waals surface area contributed by atoms with Crippen molar-refractivity contribution in [1.29, 1.82) is 0 Å². The summed E-state index contributed by atoms with van der Waals surface area (Å²) in [5.41, 5.74) is 0. The molecule has 0 spiro atoms. The Bertz CT molecular complexity index is 385. The number of hydrogen-bond acceptors (Lipinski definition) is 4. The quantitative estimate of drug-likeness (QED) is 0.847. The summed E-state index contributed by atoms with van der Waals surface area (Å²) in [7, 11) is 0. The van der Waals surface area contributed by atoms with E-state index in [-0.39, 0.29) is 6.61 Å². The number of ether oxygens (including phenoxy) is 1. The van der Waals surface area contributed by atoms with Gasteiger partial charge in [-0.2, -0.15) is 11.8 Å². The fourth-order valence-electron chi connectivity index (χ4n) is 2.01. The zero-order chi connectivity index (χ0) is 13.5. The van der Waals surface area contributed by atoms with E-state index in [1.165, 1.54) is 24.3 Å². The SMILES string of the molecule is OC(CNC1CCSCC1)COc1ccccc1Cl. The average molecular weight is 302 g/mol. The zero-order valence-corrected chi connectivity index (χ0v) is 12.4. The molecule has 2 rings (SSSR count). The predicted octanol–water partition coefficient (Wildman–Crippen LogP) is 2.56. The van der Waals surface area contributed by atoms with Crippen molar-refractivity contribution in [3.8, 4) is 5.75 Å². The van der Waals surface area contributed by atoms with Crippen molar-refractivity contribution in [3.05, 3.63) is 29.3 Å². The molecule has 0 saturated carbocycles. The van der Waals surface area contributed by atoms with Crippen molar-refractivity contribution in [1.82, 2.24) is 5.32 Å². The first kappa shape index (κ1) is 15.0. The smallest absolute Gasteiger partial charge is 0.138 e. The minimum absolute atomic E-state index is 0.262. The third-order valence-corrected chi connectivity index (χ3v) is 4.49. The topological polar surface area (TPSA) is 41.5 Å². The molecular weight excluding hydrogens is 282 g/mol. The number of hydrogen-bond donors (Lipinski definition) is 2. The number of rotatable bonds is 6. The Kier molecular flexibility index (Phi) is 6.31. The molecular formula is C14H20ClNO2S. The van der Waals surface area contributed by atoms with Crippen LogP contribution in [0.1, 0.15) is 12.8 Å². The summed E-state index contributed by atoms with van der Waals surface area (Å²) in [6.45, 7) is 0.831. The second-order valence-electron chi connectivity index (χ2n) is 4.69. The lowest BCUT2D eigenvalue weighted by molar-refractivity contribution is 0.103. The Balaban J connectivity index is 1.66. The van der Waals surface area contributed by atoms with E-state index in [0.717, 1.165) is 0 Å². The minimum atomic E-state index is -0.508. The van der Waals surface area contributed by atoms with Gasteiger partial charge in [0, 0.05) is 12.6 Å². The van der Waals surface area contributed by atoms with Gasteiger partial charge in [0.2, 0.25) is 0 Å². The van der Waals surface area contributed by atoms with Gasteiger partial charge in [-0.05, 0) is 36.5 Å². The molecule has 0 radical (unpaired) electrons. The van der Waals surface area contributed by atoms with Crippen molar-refractivity contribution in [2.45, 2.75) is 25.0 Å². The van der Waals surface area contributed by atoms with Crippen LogP contribution in [0.25, 0.3) is 0 Å². The van der Waals surface area contributed by atoms with Gasteiger partial charge in [0.25, 0.3) is 0 Å². The Morgan fingerprint density at radius 3 is 2.84 bits per heavy atom. The van der Waals surface area contributed by atoms with Gasteiger partial charge in [0.15, 0.2) is 0 Å². The van der Waals surface area contributed by atoms with E-state index in [4.69, 9.17) is 16.3 Å². The molecule has 1 unspecified atom stereocenters. The summed E-state index contributed by atoms with van der Waals surface area (Å²) in [5, 5.41) is 13.9. The molecule has 1 heterocycles. The van der Waals surface area contributed by atoms with Gasteiger partial charge >= 0.3 is 0 Å². The van der Waals surface area contributed by atoms with Crippen molar-refractivity contribution in [2.75, 3.05) is 24.7 Å². The number of benzene rings is 1. The van der Waals surface area contributed by atoms with Crippen LogP contribution in [0.3, 0.4) is 0 Å². The van der Waals surface area contributed by atoms with Crippen LogP contribution in [-0.2, 0) is 0 Å². The first-order valence-corrected chi connectivity index (χ1v) is 8.15. The summed E-state index contributed by atoms with van der Waals surface area (Å²) in [4.78, 5) is 0. The van der Waals surface area contributed by atoms with E-state index < -0.39 is 6.10 Å². The molecule has 1 fully saturated rings. The van der Waals surface area contributed by atoms with Gasteiger partial charge in [-0.1, -0.05) is 23.7 Å². The fraction of sp³-hybridized carbons (Fsp3) is 0.571. The Labute approximate surface area is 123 Å². The molecule has 5 heteroatoms. The monoisotopic (exact) mass is 301 g/mol. The van der Waals surface area contributed by atoms with Crippen LogP contribution in [0.4, 0.5) is 0 Å². The fourth-order valence-corrected chi connectivity index (χ4v) is 3.31. The highest BCUT2D eigenvalue weighted by Crippen LogP contribution is 2.23. The van der Waals surface area contributed by atoms with Crippen LogP contribution in [0.2, 0.25) is 5.02 Å². The predicted molar refractivity (Wildman–Crippen MR) is 81.3 cm³/mol. The van der Waals surface area contributed by atoms with E-state index in [0.29, 0.717) is 23.4 Å². The highest BCUT2D eigenvalue weighted by molar-refractivity contribution is 7.99. The highest BCUT2D eigenvalue weighted by Gasteiger charge is 2.15. The molecule has 19 heavy (non-hydrogen) atoms. The summed E-state index contributed by atoms with van der Waals surface area (Å²) in [5.74, 6) is 3.05. The number of para-hydroxylation sites is 1. The van der Waals surface area contributed by atoms with Crippen molar-refractivity contribution in [3.63, 3.8) is 0 Å². The summed E-state index contributed by atoms with van der Waals surface area (Å²) < 4.78 is 5.51. The second kappa shape index (κ2) is 8.00. The maximum absolute atomic E-state index is 9.90. The van der Waals surface area contributed by atoms with E-state index in [2.05, 4.69) is 5.32 Å². The normalized spacial score (nSPS) is 18.2. The summed E-state index contributed by atoms with van der Waals surface area (Å²) in [6.07, 6.45) is 1.86. The number of aliphatic hydroxyl groups excluding tert-OH is 1. The third kappa shape index (κ3) is 5.22. The molecule has 106 valence electrons. The van der Waals surface area contributed by atoms with Crippen molar-refractivity contribution >= 4 is 23.4 Å². The second-order valence-corrected chi connectivity index (χ2v) is 6.32. The van der Waals surface area contributed by atoms with Crippen LogP contribution in [-0.4, -0.2) is 41.9 Å². The van der Waals surface area contributed by atoms with Gasteiger partial charge < -0.3 is 15.2 Å². The first-order chi connectivity index (χ1) is 9.25. The molecule has 1 aliphatic rings. The molecule has 1 aliphatic heterocycles. The summed E-state index contributed by atoms with van der Waals surface area (Å²) in [6, 6.07) is 7.85. The largest absolute Gasteiger partial charge is 0.489 e. The summed E-state index contributed by atoms with van der Waals surface area (Å²) >= 11 is 7.98. The standard InChI is InChI=1S/C14H20ClNO2S/c15-13-3-1-2-4-14(13)18-10-12(17)9-16-11-5-7-19-8-6-11/h1-4,11-12,16-17H,5-10H2. The number of nitrogens with one attached hydrogen (secondary N) is 1. The zero-order valence-electron chi connectivity index (χ0n) is 10.8. The van der Waals surface area contributed by atoms with Gasteiger partial charge in [-0.25, -0.2) is 0 Å².